The molecule has 2 aromatic carbocycles. The zero-order valence-electron chi connectivity index (χ0n) is 21.6. The third kappa shape index (κ3) is 5.80. The molecule has 0 amide bonds. The van der Waals surface area contributed by atoms with Gasteiger partial charge < -0.3 is 18.3 Å². The molecule has 0 aliphatic heterocycles. The van der Waals surface area contributed by atoms with Gasteiger partial charge in [0.05, 0.1) is 20.3 Å². The maximum Gasteiger partial charge on any atom is 0.342 e. The predicted molar refractivity (Wildman–Crippen MR) is 143 cm³/mol. The summed E-state index contributed by atoms with van der Waals surface area (Å²) in [6.45, 7) is 11.9. The number of rotatable bonds is 11. The van der Waals surface area contributed by atoms with Gasteiger partial charge in [0.2, 0.25) is 0 Å². The minimum Gasteiger partial charge on any atom is -0.493 e. The van der Waals surface area contributed by atoms with Crippen LogP contribution in [0.3, 0.4) is 0 Å². The van der Waals surface area contributed by atoms with Crippen LogP contribution in [0.1, 0.15) is 56.5 Å². The first kappa shape index (κ1) is 26.6. The molecule has 186 valence electrons. The Labute approximate surface area is 209 Å². The number of ether oxygens (including phenoxy) is 2. The van der Waals surface area contributed by atoms with Crippen molar-refractivity contribution < 1.29 is 23.1 Å². The maximum absolute atomic E-state index is 13.3. The predicted octanol–water partition coefficient (Wildman–Crippen LogP) is 7.59. The number of unbranched alkanes of at least 4 members (excludes halogenated alkanes) is 1. The van der Waals surface area contributed by atoms with Gasteiger partial charge in [0.1, 0.15) is 11.3 Å². The molecule has 5 nitrogen and oxygen atoms in total. The van der Waals surface area contributed by atoms with Gasteiger partial charge in [-0.1, -0.05) is 58.0 Å². The molecule has 0 saturated carbocycles. The van der Waals surface area contributed by atoms with Crippen molar-refractivity contribution in [2.45, 2.75) is 64.8 Å². The van der Waals surface area contributed by atoms with Crippen molar-refractivity contribution in [3.8, 4) is 29.4 Å². The Morgan fingerprint density at radius 1 is 1.11 bits per heavy atom. The smallest absolute Gasteiger partial charge is 0.342 e. The lowest BCUT2D eigenvalue weighted by atomic mass is 10.0. The second kappa shape index (κ2) is 11.6. The van der Waals surface area contributed by atoms with E-state index in [1.54, 1.807) is 7.11 Å². The minimum absolute atomic E-state index is 0.247. The highest BCUT2D eigenvalue weighted by atomic mass is 28.4. The Morgan fingerprint density at radius 3 is 2.40 bits per heavy atom. The summed E-state index contributed by atoms with van der Waals surface area (Å²) >= 11 is 0. The van der Waals surface area contributed by atoms with Crippen LogP contribution in [-0.4, -0.2) is 28.0 Å². The summed E-state index contributed by atoms with van der Waals surface area (Å²) in [5.74, 6) is 3.15. The van der Waals surface area contributed by atoms with Crippen LogP contribution in [0.15, 0.2) is 46.9 Å². The topological polar surface area (TPSA) is 57.9 Å². The molecule has 0 aliphatic carbocycles. The van der Waals surface area contributed by atoms with E-state index in [-0.39, 0.29) is 6.61 Å². The van der Waals surface area contributed by atoms with Crippen LogP contribution in [-0.2, 0) is 15.8 Å². The monoisotopic (exact) mass is 492 g/mol. The van der Waals surface area contributed by atoms with E-state index in [2.05, 4.69) is 40.2 Å². The number of methoxy groups -OCH3 is 1. The number of carbonyl (C=O) groups is 1. The minimum atomic E-state index is -1.96. The third-order valence-electron chi connectivity index (χ3n) is 6.82. The van der Waals surface area contributed by atoms with Crippen LogP contribution in [0.2, 0.25) is 17.6 Å². The van der Waals surface area contributed by atoms with Crippen molar-refractivity contribution in [3.63, 3.8) is 0 Å². The summed E-state index contributed by atoms with van der Waals surface area (Å²) < 4.78 is 24.1. The molecule has 0 atom stereocenters. The van der Waals surface area contributed by atoms with Gasteiger partial charge in [0.15, 0.2) is 19.6 Å². The average molecular weight is 493 g/mol. The molecule has 0 fully saturated rings. The lowest BCUT2D eigenvalue weighted by Gasteiger charge is -2.35. The fourth-order valence-electron chi connectivity index (χ4n) is 4.11. The van der Waals surface area contributed by atoms with Gasteiger partial charge in [-0.25, -0.2) is 4.79 Å². The average Bonchev–Trinajstić information content (AvgIpc) is 3.24. The first-order chi connectivity index (χ1) is 16.7. The standard InChI is InChI=1S/C29H36O5Si/c1-8-9-13-16-32-29(30)26-24-17-22(19-33-35(7,20(2)3)21(4)5)18-25(31-6)28(24)34-27(26)23-14-11-10-12-15-23/h1,10-12,14-15,17-18,20-21H,9,13,16,19H2,2-7H3. The molecular formula is C29H36O5Si. The highest BCUT2D eigenvalue weighted by Gasteiger charge is 2.37. The zero-order valence-corrected chi connectivity index (χ0v) is 22.6. The summed E-state index contributed by atoms with van der Waals surface area (Å²) in [7, 11) is -0.362. The SMILES string of the molecule is C#CCCCOC(=O)c1c(-c2ccccc2)oc2c(OC)cc(CO[Si](C)(C(C)C)C(C)C)cc12. The van der Waals surface area contributed by atoms with Crippen LogP contribution in [0.5, 0.6) is 5.75 Å². The number of terminal acetylenes is 1. The first-order valence-electron chi connectivity index (χ1n) is 12.2. The van der Waals surface area contributed by atoms with Crippen LogP contribution in [0.25, 0.3) is 22.3 Å². The summed E-state index contributed by atoms with van der Waals surface area (Å²) in [4.78, 5) is 13.3. The van der Waals surface area contributed by atoms with Gasteiger partial charge in [-0.3, -0.25) is 0 Å². The van der Waals surface area contributed by atoms with Crippen molar-refractivity contribution >= 4 is 25.3 Å². The van der Waals surface area contributed by atoms with Gasteiger partial charge in [-0.2, -0.15) is 0 Å². The third-order valence-corrected chi connectivity index (χ3v) is 12.2. The summed E-state index contributed by atoms with van der Waals surface area (Å²) in [5, 5.41) is 0.654. The molecule has 3 aromatic rings. The van der Waals surface area contributed by atoms with E-state index < -0.39 is 14.3 Å². The van der Waals surface area contributed by atoms with Gasteiger partial charge in [-0.05, 0) is 41.7 Å². The molecular weight excluding hydrogens is 456 g/mol. The molecule has 1 aromatic heterocycles. The molecule has 6 heteroatoms. The van der Waals surface area contributed by atoms with Crippen LogP contribution in [0, 0.1) is 12.3 Å². The van der Waals surface area contributed by atoms with E-state index in [0.29, 0.717) is 58.6 Å². The number of furan rings is 1. The van der Waals surface area contributed by atoms with E-state index >= 15 is 0 Å². The number of carbonyl (C=O) groups excluding carboxylic acids is 1. The van der Waals surface area contributed by atoms with Crippen LogP contribution >= 0.6 is 0 Å². The van der Waals surface area contributed by atoms with Crippen LogP contribution < -0.4 is 4.74 Å². The molecule has 3 rings (SSSR count). The van der Waals surface area contributed by atoms with Crippen LogP contribution in [0.4, 0.5) is 0 Å². The molecule has 1 heterocycles. The number of hydrogen-bond donors (Lipinski definition) is 0. The van der Waals surface area contributed by atoms with Gasteiger partial charge >= 0.3 is 5.97 Å². The summed E-state index contributed by atoms with van der Waals surface area (Å²) in [6.07, 6.45) is 6.49. The number of hydrogen-bond acceptors (Lipinski definition) is 5. The van der Waals surface area contributed by atoms with E-state index in [0.717, 1.165) is 11.1 Å². The highest BCUT2D eigenvalue weighted by molar-refractivity contribution is 6.75. The second-order valence-corrected chi connectivity index (χ2v) is 14.5. The maximum atomic E-state index is 13.3. The number of fused-ring (bicyclic) bond motifs is 1. The Hall–Kier alpha value is -3.01. The van der Waals surface area contributed by atoms with E-state index in [9.17, 15) is 4.79 Å². The van der Waals surface area contributed by atoms with E-state index in [1.807, 2.05) is 42.5 Å². The summed E-state index contributed by atoms with van der Waals surface area (Å²) in [6, 6.07) is 13.4. The fraction of sp³-hybridized carbons (Fsp3) is 0.414. The lowest BCUT2D eigenvalue weighted by Crippen LogP contribution is -2.41. The highest BCUT2D eigenvalue weighted by Crippen LogP contribution is 2.40. The second-order valence-electron chi connectivity index (χ2n) is 9.57. The largest absolute Gasteiger partial charge is 0.493 e. The normalized spacial score (nSPS) is 11.7. The molecule has 0 unspecified atom stereocenters. The summed E-state index contributed by atoms with van der Waals surface area (Å²) in [5.41, 5.74) is 3.56. The van der Waals surface area contributed by atoms with Gasteiger partial charge in [0.25, 0.3) is 0 Å². The first-order valence-corrected chi connectivity index (χ1v) is 14.7. The quantitative estimate of drug-likeness (QED) is 0.119. The zero-order chi connectivity index (χ0) is 25.6. The van der Waals surface area contributed by atoms with Gasteiger partial charge in [0, 0.05) is 17.4 Å². The Kier molecular flexibility index (Phi) is 8.82. The van der Waals surface area contributed by atoms with E-state index in [4.69, 9.17) is 24.7 Å². The van der Waals surface area contributed by atoms with Crippen molar-refractivity contribution in [1.29, 1.82) is 0 Å². The molecule has 0 N–H and O–H groups in total. The van der Waals surface area contributed by atoms with E-state index in [1.165, 1.54) is 0 Å². The van der Waals surface area contributed by atoms with Gasteiger partial charge in [-0.15, -0.1) is 12.3 Å². The van der Waals surface area contributed by atoms with Crippen molar-refractivity contribution in [3.05, 3.63) is 53.6 Å². The van der Waals surface area contributed by atoms with Crippen molar-refractivity contribution in [2.24, 2.45) is 0 Å². The van der Waals surface area contributed by atoms with Crippen molar-refractivity contribution in [1.82, 2.24) is 0 Å². The molecule has 0 bridgehead atoms. The molecule has 0 saturated heterocycles. The molecule has 0 aliphatic rings. The molecule has 0 spiro atoms. The van der Waals surface area contributed by atoms with Crippen molar-refractivity contribution in [2.75, 3.05) is 13.7 Å². The number of benzene rings is 2. The number of esters is 1. The molecule has 35 heavy (non-hydrogen) atoms. The lowest BCUT2D eigenvalue weighted by molar-refractivity contribution is 0.0504. The Balaban J connectivity index is 2.09. The Morgan fingerprint density at radius 2 is 1.80 bits per heavy atom. The Bertz CT molecular complexity index is 1180. The fourth-order valence-corrected chi connectivity index (χ4v) is 6.58. The molecule has 0 radical (unpaired) electrons.